The van der Waals surface area contributed by atoms with Crippen molar-refractivity contribution >= 4 is 28.9 Å². The number of nitrogens with one attached hydrogen (secondary N) is 3. The van der Waals surface area contributed by atoms with Gasteiger partial charge < -0.3 is 20.7 Å². The molecule has 0 atom stereocenters. The van der Waals surface area contributed by atoms with Crippen LogP contribution < -0.4 is 20.7 Å². The Hall–Kier alpha value is -3.02. The van der Waals surface area contributed by atoms with Gasteiger partial charge in [0.15, 0.2) is 0 Å². The van der Waals surface area contributed by atoms with Crippen molar-refractivity contribution in [2.75, 3.05) is 29.1 Å². The normalized spacial score (nSPS) is 10.3. The Morgan fingerprint density at radius 2 is 1.65 bits per heavy atom. The van der Waals surface area contributed by atoms with Crippen molar-refractivity contribution in [1.29, 1.82) is 0 Å². The van der Waals surface area contributed by atoms with Gasteiger partial charge in [-0.15, -0.1) is 0 Å². The third-order valence-electron chi connectivity index (χ3n) is 3.56. The molecule has 0 aliphatic carbocycles. The fraction of sp³-hybridized carbons (Fsp3) is 0.300. The summed E-state index contributed by atoms with van der Waals surface area (Å²) in [5, 5.41) is 8.70. The Labute approximate surface area is 153 Å². The third-order valence-corrected chi connectivity index (χ3v) is 3.56. The zero-order valence-corrected chi connectivity index (χ0v) is 15.3. The molecule has 2 amide bonds. The molecule has 0 aliphatic rings. The van der Waals surface area contributed by atoms with E-state index in [0.29, 0.717) is 12.3 Å². The van der Waals surface area contributed by atoms with E-state index in [1.807, 2.05) is 51.1 Å². The highest BCUT2D eigenvalue weighted by Gasteiger charge is 2.07. The maximum Gasteiger partial charge on any atom is 0.243 e. The molecule has 0 fully saturated rings. The average molecular weight is 355 g/mol. The van der Waals surface area contributed by atoms with E-state index < -0.39 is 0 Å². The van der Waals surface area contributed by atoms with Gasteiger partial charge in [0.25, 0.3) is 0 Å². The van der Waals surface area contributed by atoms with E-state index in [9.17, 15) is 9.59 Å². The van der Waals surface area contributed by atoms with Crippen molar-refractivity contribution < 1.29 is 14.3 Å². The summed E-state index contributed by atoms with van der Waals surface area (Å²) in [7, 11) is 0. The summed E-state index contributed by atoms with van der Waals surface area (Å²) in [6, 6.07) is 14.5. The van der Waals surface area contributed by atoms with Crippen LogP contribution in [-0.2, 0) is 9.59 Å². The second-order valence-electron chi connectivity index (χ2n) is 6.08. The van der Waals surface area contributed by atoms with Crippen LogP contribution in [0.25, 0.3) is 0 Å². The maximum atomic E-state index is 12.1. The highest BCUT2D eigenvalue weighted by atomic mass is 16.5. The fourth-order valence-electron chi connectivity index (χ4n) is 2.18. The number of hydrogen-bond acceptors (Lipinski definition) is 4. The van der Waals surface area contributed by atoms with Crippen LogP contribution in [0.2, 0.25) is 0 Å². The standard InChI is InChI=1S/C20H25N3O3/c1-4-26-18-7-5-6-17(12-18)22-19(24)13-21-15-8-10-16(11-9-15)23-20(25)14(2)3/h5-12,14,21H,4,13H2,1-3H3,(H,22,24)(H,23,25). The predicted octanol–water partition coefficient (Wildman–Crippen LogP) is 3.73. The van der Waals surface area contributed by atoms with Gasteiger partial charge in [-0.05, 0) is 43.3 Å². The molecule has 0 saturated carbocycles. The van der Waals surface area contributed by atoms with Crippen LogP contribution in [0.1, 0.15) is 20.8 Å². The molecule has 2 aromatic rings. The molecule has 0 aromatic heterocycles. The number of hydrogen-bond donors (Lipinski definition) is 3. The maximum absolute atomic E-state index is 12.1. The Morgan fingerprint density at radius 1 is 0.962 bits per heavy atom. The molecule has 0 bridgehead atoms. The summed E-state index contributed by atoms with van der Waals surface area (Å²) >= 11 is 0. The smallest absolute Gasteiger partial charge is 0.243 e. The van der Waals surface area contributed by atoms with E-state index in [0.717, 1.165) is 17.1 Å². The van der Waals surface area contributed by atoms with Gasteiger partial charge in [0.1, 0.15) is 5.75 Å². The summed E-state index contributed by atoms with van der Waals surface area (Å²) in [6.07, 6.45) is 0. The predicted molar refractivity (Wildman–Crippen MR) is 105 cm³/mol. The molecule has 138 valence electrons. The molecule has 0 heterocycles. The van der Waals surface area contributed by atoms with Crippen LogP contribution in [0.4, 0.5) is 17.1 Å². The van der Waals surface area contributed by atoms with Crippen LogP contribution in [0.15, 0.2) is 48.5 Å². The first-order valence-electron chi connectivity index (χ1n) is 8.65. The van der Waals surface area contributed by atoms with E-state index in [2.05, 4.69) is 16.0 Å². The van der Waals surface area contributed by atoms with Gasteiger partial charge in [0.05, 0.1) is 13.2 Å². The molecule has 6 heteroatoms. The van der Waals surface area contributed by atoms with Gasteiger partial charge in [-0.3, -0.25) is 9.59 Å². The largest absolute Gasteiger partial charge is 0.494 e. The lowest BCUT2D eigenvalue weighted by molar-refractivity contribution is -0.119. The average Bonchev–Trinajstić information content (AvgIpc) is 2.61. The summed E-state index contributed by atoms with van der Waals surface area (Å²) in [4.78, 5) is 23.7. The van der Waals surface area contributed by atoms with Crippen LogP contribution >= 0.6 is 0 Å². The van der Waals surface area contributed by atoms with Crippen molar-refractivity contribution in [1.82, 2.24) is 0 Å². The van der Waals surface area contributed by atoms with Gasteiger partial charge in [-0.1, -0.05) is 19.9 Å². The number of rotatable bonds is 8. The molecule has 0 spiro atoms. The van der Waals surface area contributed by atoms with Gasteiger partial charge >= 0.3 is 0 Å². The quantitative estimate of drug-likeness (QED) is 0.674. The zero-order chi connectivity index (χ0) is 18.9. The molecule has 6 nitrogen and oxygen atoms in total. The summed E-state index contributed by atoms with van der Waals surface area (Å²) in [6.45, 7) is 6.31. The summed E-state index contributed by atoms with van der Waals surface area (Å²) in [5.74, 6) is 0.463. The van der Waals surface area contributed by atoms with Crippen molar-refractivity contribution in [2.24, 2.45) is 5.92 Å². The number of carbonyl (C=O) groups is 2. The Bertz CT molecular complexity index is 742. The van der Waals surface area contributed by atoms with E-state index in [1.54, 1.807) is 18.2 Å². The van der Waals surface area contributed by atoms with E-state index in [1.165, 1.54) is 0 Å². The zero-order valence-electron chi connectivity index (χ0n) is 15.3. The highest BCUT2D eigenvalue weighted by Crippen LogP contribution is 2.17. The second kappa shape index (κ2) is 9.46. The van der Waals surface area contributed by atoms with E-state index >= 15 is 0 Å². The molecule has 0 aliphatic heterocycles. The van der Waals surface area contributed by atoms with Crippen molar-refractivity contribution in [2.45, 2.75) is 20.8 Å². The Morgan fingerprint density at radius 3 is 2.31 bits per heavy atom. The molecule has 0 saturated heterocycles. The summed E-state index contributed by atoms with van der Waals surface area (Å²) < 4.78 is 5.41. The number of benzene rings is 2. The first kappa shape index (κ1) is 19.3. The van der Waals surface area contributed by atoms with Crippen LogP contribution in [0.5, 0.6) is 5.75 Å². The minimum absolute atomic E-state index is 0.0284. The molecule has 26 heavy (non-hydrogen) atoms. The van der Waals surface area contributed by atoms with Crippen LogP contribution in [0.3, 0.4) is 0 Å². The first-order chi connectivity index (χ1) is 12.5. The van der Waals surface area contributed by atoms with Gasteiger partial charge in [0.2, 0.25) is 11.8 Å². The topological polar surface area (TPSA) is 79.5 Å². The molecular weight excluding hydrogens is 330 g/mol. The SMILES string of the molecule is CCOc1cccc(NC(=O)CNc2ccc(NC(=O)C(C)C)cc2)c1. The van der Waals surface area contributed by atoms with Crippen molar-refractivity contribution in [3.05, 3.63) is 48.5 Å². The molecule has 2 rings (SSSR count). The second-order valence-corrected chi connectivity index (χ2v) is 6.08. The van der Waals surface area contributed by atoms with Crippen molar-refractivity contribution in [3.63, 3.8) is 0 Å². The minimum Gasteiger partial charge on any atom is -0.494 e. The highest BCUT2D eigenvalue weighted by molar-refractivity contribution is 5.94. The lowest BCUT2D eigenvalue weighted by Crippen LogP contribution is -2.21. The first-order valence-corrected chi connectivity index (χ1v) is 8.65. The van der Waals surface area contributed by atoms with E-state index in [4.69, 9.17) is 4.74 Å². The lowest BCUT2D eigenvalue weighted by atomic mass is 10.2. The van der Waals surface area contributed by atoms with Crippen LogP contribution in [0, 0.1) is 5.92 Å². The number of anilines is 3. The van der Waals surface area contributed by atoms with Crippen molar-refractivity contribution in [3.8, 4) is 5.75 Å². The molecule has 0 radical (unpaired) electrons. The number of carbonyl (C=O) groups excluding carboxylic acids is 2. The van der Waals surface area contributed by atoms with Gasteiger partial charge in [0, 0.05) is 29.0 Å². The summed E-state index contributed by atoms with van der Waals surface area (Å²) in [5.41, 5.74) is 2.21. The molecule has 0 unspecified atom stereocenters. The third kappa shape index (κ3) is 6.12. The molecule has 2 aromatic carbocycles. The fourth-order valence-corrected chi connectivity index (χ4v) is 2.18. The van der Waals surface area contributed by atoms with E-state index in [-0.39, 0.29) is 24.3 Å². The van der Waals surface area contributed by atoms with Gasteiger partial charge in [-0.25, -0.2) is 0 Å². The van der Waals surface area contributed by atoms with Crippen LogP contribution in [-0.4, -0.2) is 25.0 Å². The Balaban J connectivity index is 1.83. The number of amides is 2. The number of ether oxygens (including phenoxy) is 1. The van der Waals surface area contributed by atoms with Gasteiger partial charge in [-0.2, -0.15) is 0 Å². The lowest BCUT2D eigenvalue weighted by Gasteiger charge is -2.11. The monoisotopic (exact) mass is 355 g/mol. The Kier molecular flexibility index (Phi) is 7.02. The molecule has 3 N–H and O–H groups in total. The molecular formula is C20H25N3O3. The minimum atomic E-state index is -0.157.